The van der Waals surface area contributed by atoms with Gasteiger partial charge in [0, 0.05) is 11.1 Å². The first-order valence-electron chi connectivity index (χ1n) is 8.88. The van der Waals surface area contributed by atoms with Crippen molar-refractivity contribution in [3.63, 3.8) is 0 Å². The summed E-state index contributed by atoms with van der Waals surface area (Å²) in [5, 5.41) is 0. The van der Waals surface area contributed by atoms with Crippen molar-refractivity contribution in [2.24, 2.45) is 16.5 Å². The zero-order valence-electron chi connectivity index (χ0n) is 16.0. The van der Waals surface area contributed by atoms with Crippen molar-refractivity contribution in [3.8, 4) is 16.9 Å². The fraction of sp³-hybridized carbons (Fsp3) is 0.350. The van der Waals surface area contributed by atoms with E-state index in [0.29, 0.717) is 16.9 Å². The number of aromatic nitrogens is 1. The van der Waals surface area contributed by atoms with Crippen LogP contribution < -0.4 is 16.2 Å². The summed E-state index contributed by atoms with van der Waals surface area (Å²) in [6.07, 6.45) is 1.17. The minimum atomic E-state index is -2.34. The first-order valence-corrected chi connectivity index (χ1v) is 8.88. The normalized spacial score (nSPS) is 24.1. The van der Waals surface area contributed by atoms with Crippen LogP contribution in [0.5, 0.6) is 5.75 Å². The number of nitrogens with zero attached hydrogens (tertiary/aromatic N) is 2. The van der Waals surface area contributed by atoms with E-state index in [1.807, 2.05) is 0 Å². The van der Waals surface area contributed by atoms with E-state index in [1.54, 1.807) is 13.0 Å². The van der Waals surface area contributed by atoms with Crippen LogP contribution in [0.1, 0.15) is 35.8 Å². The zero-order valence-corrected chi connectivity index (χ0v) is 16.0. The second-order valence-corrected chi connectivity index (χ2v) is 7.20. The number of hydrogen-bond acceptors (Lipinski definition) is 5. The smallest absolute Gasteiger partial charge is 0.267 e. The quantitative estimate of drug-likeness (QED) is 0.796. The standard InChI is InChI=1S/C20H21F3N4O2/c1-19(5-6-20(23,10-21)18(25)27-19)14-7-11(3-4-15(14)22)13-8-12(29-2)9-26-16(13)17(24)28/h3-4,7-9H,5-6,10H2,1-2H3,(H2,24,28)(H2,25,27)/t19-,20+/m0/s1. The van der Waals surface area contributed by atoms with Crippen molar-refractivity contribution in [1.29, 1.82) is 0 Å². The first kappa shape index (κ1) is 20.6. The van der Waals surface area contributed by atoms with Crippen LogP contribution in [0, 0.1) is 5.82 Å². The van der Waals surface area contributed by atoms with E-state index in [2.05, 4.69) is 9.98 Å². The predicted molar refractivity (Wildman–Crippen MR) is 103 cm³/mol. The van der Waals surface area contributed by atoms with Crippen molar-refractivity contribution in [2.45, 2.75) is 31.0 Å². The number of carbonyl (C=O) groups excluding carboxylic acids is 1. The number of primary amides is 1. The number of methoxy groups -OCH3 is 1. The molecule has 2 aromatic rings. The second kappa shape index (κ2) is 7.38. The highest BCUT2D eigenvalue weighted by Crippen LogP contribution is 2.41. The lowest BCUT2D eigenvalue weighted by molar-refractivity contribution is 0.0996. The van der Waals surface area contributed by atoms with Crippen LogP contribution in [0.4, 0.5) is 13.2 Å². The van der Waals surface area contributed by atoms with Gasteiger partial charge >= 0.3 is 0 Å². The Hall–Kier alpha value is -3.10. The minimum Gasteiger partial charge on any atom is -0.495 e. The third-order valence-electron chi connectivity index (χ3n) is 5.24. The van der Waals surface area contributed by atoms with Gasteiger partial charge in [0.05, 0.1) is 18.8 Å². The van der Waals surface area contributed by atoms with Gasteiger partial charge in [0.15, 0.2) is 5.67 Å². The van der Waals surface area contributed by atoms with Gasteiger partial charge in [0.25, 0.3) is 5.91 Å². The lowest BCUT2D eigenvalue weighted by Crippen LogP contribution is -2.48. The van der Waals surface area contributed by atoms with Crippen molar-refractivity contribution in [3.05, 3.63) is 47.5 Å². The number of nitrogens with two attached hydrogens (primary N) is 2. The van der Waals surface area contributed by atoms with Crippen LogP contribution in [0.15, 0.2) is 35.5 Å². The number of alkyl halides is 2. The largest absolute Gasteiger partial charge is 0.495 e. The maximum atomic E-state index is 14.7. The van der Waals surface area contributed by atoms with Crippen LogP contribution in [0.25, 0.3) is 11.1 Å². The predicted octanol–water partition coefficient (Wildman–Crippen LogP) is 3.04. The molecule has 0 aliphatic carbocycles. The van der Waals surface area contributed by atoms with Crippen molar-refractivity contribution >= 4 is 11.7 Å². The molecule has 3 rings (SSSR count). The molecule has 1 aromatic carbocycles. The Morgan fingerprint density at radius 3 is 2.62 bits per heavy atom. The molecular weight excluding hydrogens is 385 g/mol. The van der Waals surface area contributed by atoms with Crippen LogP contribution in [0.2, 0.25) is 0 Å². The summed E-state index contributed by atoms with van der Waals surface area (Å²) < 4.78 is 47.3. The highest BCUT2D eigenvalue weighted by Gasteiger charge is 2.44. The van der Waals surface area contributed by atoms with E-state index in [0.717, 1.165) is 0 Å². The van der Waals surface area contributed by atoms with Crippen molar-refractivity contribution < 1.29 is 22.7 Å². The number of hydrogen-bond donors (Lipinski definition) is 2. The monoisotopic (exact) mass is 406 g/mol. The number of benzene rings is 1. The van der Waals surface area contributed by atoms with E-state index < -0.39 is 35.4 Å². The number of halogens is 3. The lowest BCUT2D eigenvalue weighted by Gasteiger charge is -2.36. The third kappa shape index (κ3) is 3.64. The summed E-state index contributed by atoms with van der Waals surface area (Å²) in [5.74, 6) is -1.47. The summed E-state index contributed by atoms with van der Waals surface area (Å²) in [4.78, 5) is 19.9. The number of ether oxygens (including phenoxy) is 1. The summed E-state index contributed by atoms with van der Waals surface area (Å²) in [6, 6.07) is 5.71. The minimum absolute atomic E-state index is 0.0135. The molecule has 0 saturated carbocycles. The second-order valence-electron chi connectivity index (χ2n) is 7.20. The lowest BCUT2D eigenvalue weighted by atomic mass is 9.80. The van der Waals surface area contributed by atoms with Gasteiger partial charge in [-0.1, -0.05) is 6.07 Å². The van der Waals surface area contributed by atoms with Gasteiger partial charge in [-0.25, -0.2) is 18.2 Å². The molecule has 9 heteroatoms. The fourth-order valence-electron chi connectivity index (χ4n) is 3.40. The van der Waals surface area contributed by atoms with E-state index in [9.17, 15) is 18.0 Å². The molecule has 0 radical (unpaired) electrons. The molecule has 154 valence electrons. The molecule has 6 nitrogen and oxygen atoms in total. The molecule has 0 spiro atoms. The molecular formula is C20H21F3N4O2. The van der Waals surface area contributed by atoms with E-state index in [1.165, 1.54) is 31.5 Å². The molecule has 0 bridgehead atoms. The molecule has 0 fully saturated rings. The van der Waals surface area contributed by atoms with Gasteiger partial charge in [-0.3, -0.25) is 9.79 Å². The summed E-state index contributed by atoms with van der Waals surface area (Å²) >= 11 is 0. The summed E-state index contributed by atoms with van der Waals surface area (Å²) in [6.45, 7) is 0.303. The molecule has 1 aliphatic heterocycles. The molecule has 4 N–H and O–H groups in total. The van der Waals surface area contributed by atoms with Gasteiger partial charge in [0.1, 0.15) is 29.8 Å². The van der Waals surface area contributed by atoms with Gasteiger partial charge in [-0.05, 0) is 43.5 Å². The first-order chi connectivity index (χ1) is 13.6. The van der Waals surface area contributed by atoms with Crippen LogP contribution in [-0.2, 0) is 5.54 Å². The van der Waals surface area contributed by atoms with Crippen LogP contribution in [0.3, 0.4) is 0 Å². The number of carbonyl (C=O) groups is 1. The van der Waals surface area contributed by atoms with Crippen LogP contribution in [-0.4, -0.2) is 36.2 Å². The fourth-order valence-corrected chi connectivity index (χ4v) is 3.40. The summed E-state index contributed by atoms with van der Waals surface area (Å²) in [7, 11) is 1.44. The molecule has 0 saturated heterocycles. The summed E-state index contributed by atoms with van der Waals surface area (Å²) in [5.41, 5.74) is 8.44. The van der Waals surface area contributed by atoms with E-state index in [4.69, 9.17) is 16.2 Å². The maximum absolute atomic E-state index is 14.7. The topological polar surface area (TPSA) is 104 Å². The average Bonchev–Trinajstić information content (AvgIpc) is 2.71. The van der Waals surface area contributed by atoms with E-state index >= 15 is 0 Å². The number of rotatable bonds is 5. The molecule has 2 heterocycles. The maximum Gasteiger partial charge on any atom is 0.267 e. The van der Waals surface area contributed by atoms with Crippen LogP contribution >= 0.6 is 0 Å². The SMILES string of the molecule is COc1cnc(C(N)=O)c(-c2ccc(F)c([C@]3(C)CC[C@@](F)(CF)C(N)=N3)c2)c1. The molecule has 1 amide bonds. The number of pyridine rings is 1. The van der Waals surface area contributed by atoms with Gasteiger partial charge in [-0.2, -0.15) is 0 Å². The van der Waals surface area contributed by atoms with Gasteiger partial charge < -0.3 is 16.2 Å². The zero-order chi connectivity index (χ0) is 21.4. The van der Waals surface area contributed by atoms with Gasteiger partial charge in [-0.15, -0.1) is 0 Å². The highest BCUT2D eigenvalue weighted by atomic mass is 19.2. The Bertz CT molecular complexity index is 998. The molecule has 2 atom stereocenters. The molecule has 1 aliphatic rings. The number of aliphatic imine (C=N–C) groups is 1. The van der Waals surface area contributed by atoms with Gasteiger partial charge in [0.2, 0.25) is 0 Å². The molecule has 29 heavy (non-hydrogen) atoms. The molecule has 0 unspecified atom stereocenters. The Kier molecular flexibility index (Phi) is 5.25. The highest BCUT2D eigenvalue weighted by molar-refractivity contribution is 5.98. The average molecular weight is 406 g/mol. The Morgan fingerprint density at radius 1 is 1.31 bits per heavy atom. The molecule has 1 aromatic heterocycles. The number of amides is 1. The van der Waals surface area contributed by atoms with E-state index in [-0.39, 0.29) is 24.1 Å². The Morgan fingerprint density at radius 2 is 2.03 bits per heavy atom. The van der Waals surface area contributed by atoms with Crippen molar-refractivity contribution in [2.75, 3.05) is 13.8 Å². The Labute approximate surface area is 165 Å². The Balaban J connectivity index is 2.15. The number of amidine groups is 1. The van der Waals surface area contributed by atoms with Crippen molar-refractivity contribution in [1.82, 2.24) is 4.98 Å². The third-order valence-corrected chi connectivity index (χ3v) is 5.24.